The van der Waals surface area contributed by atoms with Gasteiger partial charge in [0.05, 0.1) is 6.20 Å². The van der Waals surface area contributed by atoms with Crippen LogP contribution in [0.5, 0.6) is 0 Å². The average Bonchev–Trinajstić information content (AvgIpc) is 1.98. The van der Waals surface area contributed by atoms with Crippen LogP contribution >= 0.6 is 31.9 Å². The van der Waals surface area contributed by atoms with E-state index >= 15 is 0 Å². The average molecular weight is 240 g/mol. The van der Waals surface area contributed by atoms with Gasteiger partial charge in [0.1, 0.15) is 4.60 Å². The number of rotatable bonds is 0. The summed E-state index contributed by atoms with van der Waals surface area (Å²) in [6, 6.07) is 0. The number of hydrogen-bond donors (Lipinski definition) is 0. The van der Waals surface area contributed by atoms with E-state index in [0.717, 1.165) is 9.34 Å². The Hall–Kier alpha value is 0.170. The van der Waals surface area contributed by atoms with Gasteiger partial charge in [-0.3, -0.25) is 0 Å². The molecule has 0 amide bonds. The van der Waals surface area contributed by atoms with Gasteiger partial charge in [-0.15, -0.1) is 0 Å². The molecular weight excluding hydrogens is 236 g/mol. The number of nitrogens with zero attached hydrogens (tertiary/aromatic N) is 2. The van der Waals surface area contributed by atoms with Crippen molar-refractivity contribution in [1.29, 1.82) is 0 Å². The molecule has 0 spiro atoms. The van der Waals surface area contributed by atoms with Gasteiger partial charge < -0.3 is 4.57 Å². The minimum Gasteiger partial charge on any atom is -0.316 e. The molecule has 44 valence electrons. The van der Waals surface area contributed by atoms with Crippen LogP contribution in [0.3, 0.4) is 0 Å². The first-order valence-electron chi connectivity index (χ1n) is 2.04. The standard InChI is InChI=1S/C4H4Br2N2/c1-8-3(5)2-7-4(8)6/h2H,1H3. The molecule has 0 aliphatic rings. The summed E-state index contributed by atoms with van der Waals surface area (Å²) in [5, 5.41) is 0. The molecule has 0 saturated carbocycles. The van der Waals surface area contributed by atoms with Crippen LogP contribution in [0, 0.1) is 0 Å². The maximum absolute atomic E-state index is 3.95. The van der Waals surface area contributed by atoms with Gasteiger partial charge in [-0.2, -0.15) is 0 Å². The summed E-state index contributed by atoms with van der Waals surface area (Å²) in [7, 11) is 1.92. The fourth-order valence-electron chi connectivity index (χ4n) is 0.368. The van der Waals surface area contributed by atoms with Crippen molar-refractivity contribution in [3.63, 3.8) is 0 Å². The fourth-order valence-corrected chi connectivity index (χ4v) is 1.17. The van der Waals surface area contributed by atoms with Crippen molar-refractivity contribution in [3.8, 4) is 0 Å². The van der Waals surface area contributed by atoms with Crippen molar-refractivity contribution < 1.29 is 0 Å². The summed E-state index contributed by atoms with van der Waals surface area (Å²) in [6.45, 7) is 0. The summed E-state index contributed by atoms with van der Waals surface area (Å²) in [5.74, 6) is 0. The zero-order chi connectivity index (χ0) is 6.15. The molecule has 8 heavy (non-hydrogen) atoms. The number of hydrogen-bond acceptors (Lipinski definition) is 1. The Bertz CT molecular complexity index is 174. The summed E-state index contributed by atoms with van der Waals surface area (Å²) in [6.07, 6.45) is 1.74. The van der Waals surface area contributed by atoms with Crippen LogP contribution < -0.4 is 0 Å². The van der Waals surface area contributed by atoms with E-state index < -0.39 is 0 Å². The lowest BCUT2D eigenvalue weighted by Gasteiger charge is -1.90. The van der Waals surface area contributed by atoms with Gasteiger partial charge in [-0.05, 0) is 31.9 Å². The van der Waals surface area contributed by atoms with E-state index in [4.69, 9.17) is 0 Å². The highest BCUT2D eigenvalue weighted by Gasteiger charge is 1.96. The molecule has 0 radical (unpaired) electrons. The Kier molecular flexibility index (Phi) is 1.72. The zero-order valence-electron chi connectivity index (χ0n) is 4.23. The molecule has 1 aromatic heterocycles. The molecule has 0 bridgehead atoms. The summed E-state index contributed by atoms with van der Waals surface area (Å²) in [5.41, 5.74) is 0. The van der Waals surface area contributed by atoms with Gasteiger partial charge in [-0.25, -0.2) is 4.98 Å². The van der Waals surface area contributed by atoms with Crippen molar-refractivity contribution in [3.05, 3.63) is 15.5 Å². The minimum atomic E-state index is 0.837. The van der Waals surface area contributed by atoms with Crippen molar-refractivity contribution in [2.45, 2.75) is 0 Å². The molecule has 1 rings (SSSR count). The second-order valence-electron chi connectivity index (χ2n) is 1.41. The van der Waals surface area contributed by atoms with E-state index in [1.807, 2.05) is 11.6 Å². The maximum atomic E-state index is 3.95. The Morgan fingerprint density at radius 3 is 2.38 bits per heavy atom. The first-order valence-corrected chi connectivity index (χ1v) is 3.63. The SMILES string of the molecule is Cn1c(Br)cnc1Br. The summed E-state index contributed by atoms with van der Waals surface area (Å²) >= 11 is 6.52. The fraction of sp³-hybridized carbons (Fsp3) is 0.250. The van der Waals surface area contributed by atoms with Gasteiger partial charge in [0.2, 0.25) is 0 Å². The first kappa shape index (κ1) is 6.29. The molecule has 0 aromatic carbocycles. The van der Waals surface area contributed by atoms with E-state index in [1.54, 1.807) is 6.20 Å². The molecule has 1 heterocycles. The molecule has 0 unspecified atom stereocenters. The predicted molar refractivity (Wildman–Crippen MR) is 38.6 cm³/mol. The number of imidazole rings is 1. The van der Waals surface area contributed by atoms with E-state index in [0.29, 0.717) is 0 Å². The first-order chi connectivity index (χ1) is 3.72. The van der Waals surface area contributed by atoms with Crippen LogP contribution in [-0.2, 0) is 7.05 Å². The maximum Gasteiger partial charge on any atom is 0.177 e. The van der Waals surface area contributed by atoms with E-state index in [-0.39, 0.29) is 0 Å². The Balaban J connectivity index is 3.19. The van der Waals surface area contributed by atoms with Gasteiger partial charge in [0.15, 0.2) is 4.73 Å². The largest absolute Gasteiger partial charge is 0.316 e. The number of halogens is 2. The third-order valence-electron chi connectivity index (χ3n) is 0.875. The van der Waals surface area contributed by atoms with Crippen LogP contribution in [0.15, 0.2) is 15.5 Å². The van der Waals surface area contributed by atoms with Crippen LogP contribution in [0.1, 0.15) is 0 Å². The molecule has 2 nitrogen and oxygen atoms in total. The third-order valence-corrected chi connectivity index (χ3v) is 2.35. The molecule has 1 aromatic rings. The van der Waals surface area contributed by atoms with Gasteiger partial charge in [0, 0.05) is 7.05 Å². The minimum absolute atomic E-state index is 0.837. The highest BCUT2D eigenvalue weighted by atomic mass is 79.9. The second kappa shape index (κ2) is 2.19. The van der Waals surface area contributed by atoms with E-state index in [1.165, 1.54) is 0 Å². The lowest BCUT2D eigenvalue weighted by atomic mass is 10.9. The Morgan fingerprint density at radius 2 is 2.25 bits per heavy atom. The van der Waals surface area contributed by atoms with Crippen molar-refractivity contribution in [2.24, 2.45) is 7.05 Å². The molecule has 0 N–H and O–H groups in total. The second-order valence-corrected chi connectivity index (χ2v) is 2.93. The van der Waals surface area contributed by atoms with Crippen LogP contribution in [0.2, 0.25) is 0 Å². The quantitative estimate of drug-likeness (QED) is 0.677. The van der Waals surface area contributed by atoms with Gasteiger partial charge in [0.25, 0.3) is 0 Å². The highest BCUT2D eigenvalue weighted by Crippen LogP contribution is 2.13. The van der Waals surface area contributed by atoms with Crippen molar-refractivity contribution in [1.82, 2.24) is 9.55 Å². The molecule has 4 heteroatoms. The molecule has 0 fully saturated rings. The van der Waals surface area contributed by atoms with Gasteiger partial charge in [-0.1, -0.05) is 0 Å². The zero-order valence-corrected chi connectivity index (χ0v) is 7.40. The third kappa shape index (κ3) is 0.951. The van der Waals surface area contributed by atoms with Gasteiger partial charge >= 0.3 is 0 Å². The number of aromatic nitrogens is 2. The van der Waals surface area contributed by atoms with Crippen LogP contribution in [0.25, 0.3) is 0 Å². The molecular formula is C4H4Br2N2. The predicted octanol–water partition coefficient (Wildman–Crippen LogP) is 1.95. The smallest absolute Gasteiger partial charge is 0.177 e. The van der Waals surface area contributed by atoms with E-state index in [9.17, 15) is 0 Å². The highest BCUT2D eigenvalue weighted by molar-refractivity contribution is 9.11. The van der Waals surface area contributed by atoms with Crippen molar-refractivity contribution >= 4 is 31.9 Å². The lowest BCUT2D eigenvalue weighted by molar-refractivity contribution is 0.860. The Labute approximate surface area is 64.2 Å². The summed E-state index contributed by atoms with van der Waals surface area (Å²) < 4.78 is 3.70. The Morgan fingerprint density at radius 1 is 1.62 bits per heavy atom. The van der Waals surface area contributed by atoms with Crippen LogP contribution in [-0.4, -0.2) is 9.55 Å². The molecule has 0 aliphatic heterocycles. The molecule has 0 atom stereocenters. The van der Waals surface area contributed by atoms with Crippen molar-refractivity contribution in [2.75, 3.05) is 0 Å². The normalized spacial score (nSPS) is 9.88. The topological polar surface area (TPSA) is 17.8 Å². The molecule has 0 saturated heterocycles. The van der Waals surface area contributed by atoms with Crippen LogP contribution in [0.4, 0.5) is 0 Å². The van der Waals surface area contributed by atoms with E-state index in [2.05, 4.69) is 36.8 Å². The monoisotopic (exact) mass is 238 g/mol. The molecule has 0 aliphatic carbocycles. The lowest BCUT2D eigenvalue weighted by Crippen LogP contribution is -1.85. The summed E-state index contributed by atoms with van der Waals surface area (Å²) in [4.78, 5) is 3.95.